The van der Waals surface area contributed by atoms with Gasteiger partial charge in [-0.2, -0.15) is 0 Å². The molecule has 90 valence electrons. The van der Waals surface area contributed by atoms with Gasteiger partial charge in [-0.15, -0.1) is 0 Å². The minimum absolute atomic E-state index is 0.0452. The molecule has 1 heterocycles. The van der Waals surface area contributed by atoms with E-state index in [0.717, 1.165) is 5.56 Å². The second-order valence-corrected chi connectivity index (χ2v) is 4.29. The molecule has 5 heteroatoms. The number of hydrogen-bond acceptors (Lipinski definition) is 3. The van der Waals surface area contributed by atoms with Gasteiger partial charge in [0.15, 0.2) is 0 Å². The van der Waals surface area contributed by atoms with Crippen molar-refractivity contribution in [2.45, 2.75) is 12.5 Å². The first-order valence-corrected chi connectivity index (χ1v) is 5.33. The summed E-state index contributed by atoms with van der Waals surface area (Å²) in [6.45, 7) is 0. The lowest BCUT2D eigenvalue weighted by Gasteiger charge is -2.15. The smallest absolute Gasteiger partial charge is 0.252 e. The third-order valence-electron chi connectivity index (χ3n) is 2.84. The zero-order valence-corrected chi connectivity index (χ0v) is 9.73. The van der Waals surface area contributed by atoms with E-state index in [4.69, 9.17) is 0 Å². The number of hydrogen-bond donors (Lipinski definition) is 2. The van der Waals surface area contributed by atoms with Gasteiger partial charge >= 0.3 is 0 Å². The van der Waals surface area contributed by atoms with Crippen LogP contribution in [-0.2, 0) is 4.79 Å². The van der Waals surface area contributed by atoms with Gasteiger partial charge < -0.3 is 15.3 Å². The fourth-order valence-corrected chi connectivity index (χ4v) is 1.88. The fraction of sp³-hybridized carbons (Fsp3) is 0.333. The molecule has 5 nitrogen and oxygen atoms in total. The number of rotatable bonds is 2. The van der Waals surface area contributed by atoms with Gasteiger partial charge in [-0.3, -0.25) is 9.59 Å². The standard InChI is InChI=1S/C12H14N2O3/c1-14(2)11(16)6-10-8-4-3-7(15)5-9(8)12(17)13-10/h3-5,10,15H,6H2,1-2H3,(H,13,17). The molecule has 1 aliphatic rings. The molecule has 1 aromatic carbocycles. The van der Waals surface area contributed by atoms with E-state index < -0.39 is 0 Å². The Kier molecular flexibility index (Phi) is 2.75. The van der Waals surface area contributed by atoms with Gasteiger partial charge in [0.25, 0.3) is 5.91 Å². The van der Waals surface area contributed by atoms with Crippen molar-refractivity contribution in [3.63, 3.8) is 0 Å². The van der Waals surface area contributed by atoms with Gasteiger partial charge in [-0.05, 0) is 17.7 Å². The van der Waals surface area contributed by atoms with E-state index in [1.165, 1.54) is 17.0 Å². The monoisotopic (exact) mass is 234 g/mol. The van der Waals surface area contributed by atoms with Crippen LogP contribution in [0.15, 0.2) is 18.2 Å². The maximum Gasteiger partial charge on any atom is 0.252 e. The normalized spacial score (nSPS) is 17.5. The largest absolute Gasteiger partial charge is 0.508 e. The molecule has 1 atom stereocenters. The Morgan fingerprint density at radius 1 is 1.47 bits per heavy atom. The molecule has 1 aromatic rings. The second kappa shape index (κ2) is 4.08. The van der Waals surface area contributed by atoms with Gasteiger partial charge in [0.1, 0.15) is 5.75 Å². The highest BCUT2D eigenvalue weighted by molar-refractivity contribution is 6.00. The topological polar surface area (TPSA) is 69.6 Å². The fourth-order valence-electron chi connectivity index (χ4n) is 1.88. The molecule has 0 aromatic heterocycles. The Balaban J connectivity index is 2.25. The van der Waals surface area contributed by atoms with Crippen LogP contribution in [0.25, 0.3) is 0 Å². The third kappa shape index (κ3) is 2.08. The lowest BCUT2D eigenvalue weighted by Crippen LogP contribution is -2.28. The molecule has 0 aliphatic carbocycles. The van der Waals surface area contributed by atoms with Crippen molar-refractivity contribution in [3.05, 3.63) is 29.3 Å². The summed E-state index contributed by atoms with van der Waals surface area (Å²) in [5, 5.41) is 12.1. The Morgan fingerprint density at radius 3 is 2.82 bits per heavy atom. The highest BCUT2D eigenvalue weighted by atomic mass is 16.3. The van der Waals surface area contributed by atoms with E-state index >= 15 is 0 Å². The third-order valence-corrected chi connectivity index (χ3v) is 2.84. The van der Waals surface area contributed by atoms with Crippen molar-refractivity contribution in [3.8, 4) is 5.75 Å². The van der Waals surface area contributed by atoms with Crippen molar-refractivity contribution in [2.75, 3.05) is 14.1 Å². The summed E-state index contributed by atoms with van der Waals surface area (Å²) in [7, 11) is 3.35. The first-order chi connectivity index (χ1) is 7.99. The van der Waals surface area contributed by atoms with Crippen LogP contribution < -0.4 is 5.32 Å². The quantitative estimate of drug-likeness (QED) is 0.789. The predicted molar refractivity (Wildman–Crippen MR) is 61.6 cm³/mol. The van der Waals surface area contributed by atoms with Gasteiger partial charge in [0, 0.05) is 19.7 Å². The number of aromatic hydroxyl groups is 1. The van der Waals surface area contributed by atoms with Crippen LogP contribution in [0, 0.1) is 0 Å². The summed E-state index contributed by atoms with van der Waals surface area (Å²) in [5.74, 6) is -0.234. The van der Waals surface area contributed by atoms with Crippen molar-refractivity contribution in [1.82, 2.24) is 10.2 Å². The van der Waals surface area contributed by atoms with E-state index in [0.29, 0.717) is 5.56 Å². The maximum absolute atomic E-state index is 11.6. The Bertz CT molecular complexity index is 483. The molecule has 0 fully saturated rings. The molecular formula is C12H14N2O3. The summed E-state index contributed by atoms with van der Waals surface area (Å²) in [6, 6.07) is 4.32. The maximum atomic E-state index is 11.6. The molecule has 0 saturated carbocycles. The van der Waals surface area contributed by atoms with Crippen molar-refractivity contribution in [1.29, 1.82) is 0 Å². The summed E-state index contributed by atoms with van der Waals surface area (Å²) < 4.78 is 0. The molecule has 0 radical (unpaired) electrons. The number of phenolic OH excluding ortho intramolecular Hbond substituents is 1. The number of fused-ring (bicyclic) bond motifs is 1. The van der Waals surface area contributed by atoms with E-state index in [1.807, 2.05) is 0 Å². The number of benzene rings is 1. The van der Waals surface area contributed by atoms with E-state index in [2.05, 4.69) is 5.32 Å². The predicted octanol–water partition coefficient (Wildman–Crippen LogP) is 0.655. The first-order valence-electron chi connectivity index (χ1n) is 5.33. The average molecular weight is 234 g/mol. The van der Waals surface area contributed by atoms with Gasteiger partial charge in [-0.25, -0.2) is 0 Å². The second-order valence-electron chi connectivity index (χ2n) is 4.29. The van der Waals surface area contributed by atoms with E-state index in [9.17, 15) is 14.7 Å². The molecule has 2 N–H and O–H groups in total. The number of phenols is 1. The highest BCUT2D eigenvalue weighted by Gasteiger charge is 2.30. The number of nitrogens with one attached hydrogen (secondary N) is 1. The van der Waals surface area contributed by atoms with Crippen LogP contribution >= 0.6 is 0 Å². The van der Waals surface area contributed by atoms with Crippen molar-refractivity contribution in [2.24, 2.45) is 0 Å². The zero-order valence-electron chi connectivity index (χ0n) is 9.73. The molecule has 0 bridgehead atoms. The van der Waals surface area contributed by atoms with Crippen LogP contribution in [0.2, 0.25) is 0 Å². The Morgan fingerprint density at radius 2 is 2.18 bits per heavy atom. The summed E-state index contributed by atoms with van der Waals surface area (Å²) >= 11 is 0. The number of amides is 2. The van der Waals surface area contributed by atoms with E-state index in [1.54, 1.807) is 20.2 Å². The molecular weight excluding hydrogens is 220 g/mol. The van der Waals surface area contributed by atoms with Crippen LogP contribution in [0.1, 0.15) is 28.4 Å². The lowest BCUT2D eigenvalue weighted by atomic mass is 10.0. The number of nitrogens with zero attached hydrogens (tertiary/aromatic N) is 1. The average Bonchev–Trinajstić information content (AvgIpc) is 2.55. The minimum atomic E-state index is -0.298. The summed E-state index contributed by atoms with van der Waals surface area (Å²) in [5.41, 5.74) is 1.21. The zero-order chi connectivity index (χ0) is 12.6. The molecule has 1 aliphatic heterocycles. The van der Waals surface area contributed by atoms with Crippen LogP contribution in [0.4, 0.5) is 0 Å². The molecule has 17 heavy (non-hydrogen) atoms. The molecule has 2 rings (SSSR count). The first kappa shape index (κ1) is 11.4. The highest BCUT2D eigenvalue weighted by Crippen LogP contribution is 2.30. The van der Waals surface area contributed by atoms with Crippen molar-refractivity contribution < 1.29 is 14.7 Å². The number of carbonyl (C=O) groups excluding carboxylic acids is 2. The van der Waals surface area contributed by atoms with Gasteiger partial charge in [0.05, 0.1) is 12.5 Å². The summed E-state index contributed by atoms with van der Waals surface area (Å²) in [4.78, 5) is 24.7. The minimum Gasteiger partial charge on any atom is -0.508 e. The Hall–Kier alpha value is -2.04. The lowest BCUT2D eigenvalue weighted by molar-refractivity contribution is -0.129. The molecule has 1 unspecified atom stereocenters. The van der Waals surface area contributed by atoms with E-state index in [-0.39, 0.29) is 30.0 Å². The molecule has 0 saturated heterocycles. The number of carbonyl (C=O) groups is 2. The van der Waals surface area contributed by atoms with Gasteiger partial charge in [-0.1, -0.05) is 6.07 Å². The summed E-state index contributed by atoms with van der Waals surface area (Å²) in [6.07, 6.45) is 0.233. The van der Waals surface area contributed by atoms with Crippen LogP contribution in [0.5, 0.6) is 5.75 Å². The van der Waals surface area contributed by atoms with Crippen LogP contribution in [0.3, 0.4) is 0 Å². The Labute approximate surface area is 99.0 Å². The van der Waals surface area contributed by atoms with Crippen LogP contribution in [-0.4, -0.2) is 35.9 Å². The van der Waals surface area contributed by atoms with Crippen molar-refractivity contribution >= 4 is 11.8 Å². The molecule has 0 spiro atoms. The SMILES string of the molecule is CN(C)C(=O)CC1NC(=O)c2cc(O)ccc21. The van der Waals surface area contributed by atoms with Gasteiger partial charge in [0.2, 0.25) is 5.91 Å². The molecule has 2 amide bonds.